The van der Waals surface area contributed by atoms with Crippen molar-refractivity contribution < 1.29 is 0 Å². The van der Waals surface area contributed by atoms with Gasteiger partial charge in [-0.3, -0.25) is 0 Å². The van der Waals surface area contributed by atoms with Crippen molar-refractivity contribution in [2.75, 3.05) is 0 Å². The molecule has 0 aromatic heterocycles. The van der Waals surface area contributed by atoms with Crippen molar-refractivity contribution in [2.45, 2.75) is 25.3 Å². The third-order valence-electron chi connectivity index (χ3n) is 3.01. The molecule has 0 fully saturated rings. The lowest BCUT2D eigenvalue weighted by Gasteiger charge is -2.15. The Morgan fingerprint density at radius 1 is 1.31 bits per heavy atom. The van der Waals surface area contributed by atoms with Gasteiger partial charge in [0.2, 0.25) is 0 Å². The Morgan fingerprint density at radius 2 is 2.31 bits per heavy atom. The lowest BCUT2D eigenvalue weighted by atomic mass is 9.91. The number of hydrogen-bond donors (Lipinski definition) is 1. The van der Waals surface area contributed by atoms with Crippen LogP contribution in [0.15, 0.2) is 47.2 Å². The maximum atomic E-state index is 3.57. The van der Waals surface area contributed by atoms with Crippen LogP contribution in [0.4, 0.5) is 0 Å². The van der Waals surface area contributed by atoms with Gasteiger partial charge < -0.3 is 5.32 Å². The van der Waals surface area contributed by atoms with Crippen molar-refractivity contribution in [3.63, 3.8) is 0 Å². The van der Waals surface area contributed by atoms with Gasteiger partial charge in [0, 0.05) is 5.70 Å². The Morgan fingerprint density at radius 3 is 3.31 bits per heavy atom. The van der Waals surface area contributed by atoms with Gasteiger partial charge in [-0.2, -0.15) is 0 Å². The Bertz CT molecular complexity index is 355. The van der Waals surface area contributed by atoms with Gasteiger partial charge >= 0.3 is 0 Å². The van der Waals surface area contributed by atoms with Gasteiger partial charge in [0.1, 0.15) is 0 Å². The number of nitrogens with one attached hydrogen (secondary N) is 1. The van der Waals surface area contributed by atoms with E-state index in [9.17, 15) is 0 Å². The van der Waals surface area contributed by atoms with Crippen LogP contribution in [0.2, 0.25) is 0 Å². The maximum absolute atomic E-state index is 3.57. The van der Waals surface area contributed by atoms with Crippen LogP contribution in [0.5, 0.6) is 0 Å². The smallest absolute Gasteiger partial charge is 0.0551 e. The topological polar surface area (TPSA) is 12.0 Å². The zero-order valence-corrected chi connectivity index (χ0v) is 7.59. The number of allylic oxidation sites excluding steroid dienone is 4. The summed E-state index contributed by atoms with van der Waals surface area (Å²) >= 11 is 0. The lowest BCUT2D eigenvalue weighted by Crippen LogP contribution is -2.23. The molecule has 0 saturated heterocycles. The number of rotatable bonds is 0. The van der Waals surface area contributed by atoms with E-state index in [1.165, 1.54) is 24.1 Å². The minimum atomic E-state index is 0.567. The van der Waals surface area contributed by atoms with Gasteiger partial charge in [0.25, 0.3) is 0 Å². The highest BCUT2D eigenvalue weighted by atomic mass is 15.0. The second-order valence-electron chi connectivity index (χ2n) is 3.82. The fourth-order valence-corrected chi connectivity index (χ4v) is 2.36. The average Bonchev–Trinajstić information content (AvgIpc) is 2.56. The van der Waals surface area contributed by atoms with Crippen molar-refractivity contribution in [2.24, 2.45) is 0 Å². The van der Waals surface area contributed by atoms with E-state index >= 15 is 0 Å². The molecule has 1 nitrogen and oxygen atoms in total. The molecule has 3 aliphatic rings. The summed E-state index contributed by atoms with van der Waals surface area (Å²) in [6.07, 6.45) is 14.7. The van der Waals surface area contributed by atoms with Gasteiger partial charge in [-0.25, -0.2) is 0 Å². The molecule has 1 aliphatic heterocycles. The average molecular weight is 171 g/mol. The molecule has 2 aliphatic carbocycles. The molecule has 1 unspecified atom stereocenters. The largest absolute Gasteiger partial charge is 0.378 e. The van der Waals surface area contributed by atoms with E-state index in [4.69, 9.17) is 0 Å². The van der Waals surface area contributed by atoms with Crippen LogP contribution < -0.4 is 5.32 Å². The first-order valence-electron chi connectivity index (χ1n) is 4.98. The molecule has 1 heterocycles. The van der Waals surface area contributed by atoms with Crippen LogP contribution in [0.25, 0.3) is 0 Å². The molecular weight excluding hydrogens is 158 g/mol. The van der Waals surface area contributed by atoms with Gasteiger partial charge in [-0.1, -0.05) is 24.3 Å². The van der Waals surface area contributed by atoms with E-state index in [0.717, 1.165) is 6.42 Å². The zero-order chi connectivity index (χ0) is 8.67. The summed E-state index contributed by atoms with van der Waals surface area (Å²) in [5.74, 6) is 0. The van der Waals surface area contributed by atoms with Gasteiger partial charge in [0.05, 0.1) is 6.04 Å². The first-order chi connectivity index (χ1) is 6.45. The van der Waals surface area contributed by atoms with Crippen molar-refractivity contribution >= 4 is 0 Å². The molecule has 0 radical (unpaired) electrons. The van der Waals surface area contributed by atoms with Crippen molar-refractivity contribution in [1.82, 2.24) is 5.32 Å². The fourth-order valence-electron chi connectivity index (χ4n) is 2.36. The van der Waals surface area contributed by atoms with Crippen LogP contribution in [-0.4, -0.2) is 6.04 Å². The molecule has 0 saturated carbocycles. The summed E-state index contributed by atoms with van der Waals surface area (Å²) < 4.78 is 0. The summed E-state index contributed by atoms with van der Waals surface area (Å²) in [5, 5.41) is 3.57. The first-order valence-corrected chi connectivity index (χ1v) is 4.98. The van der Waals surface area contributed by atoms with E-state index in [1.54, 1.807) is 5.57 Å². The quantitative estimate of drug-likeness (QED) is 0.590. The van der Waals surface area contributed by atoms with E-state index in [1.807, 2.05) is 0 Å². The van der Waals surface area contributed by atoms with Crippen LogP contribution >= 0.6 is 0 Å². The second-order valence-corrected chi connectivity index (χ2v) is 3.82. The Labute approximate surface area is 78.5 Å². The highest BCUT2D eigenvalue weighted by Gasteiger charge is 2.28. The standard InChI is InChI=1S/C12H13N/c1-3-7-11-9(5-1)10-6-2-4-8-12(10)13-11/h1,3-5,8,11,13H,2,6-7H2. The van der Waals surface area contributed by atoms with Crippen molar-refractivity contribution in [3.8, 4) is 0 Å². The molecule has 66 valence electrons. The SMILES string of the molecule is C1=CCC2NC3=C(CCC=C3)C2=C1. The second kappa shape index (κ2) is 2.63. The molecule has 1 N–H and O–H groups in total. The molecule has 0 spiro atoms. The highest BCUT2D eigenvalue weighted by Crippen LogP contribution is 2.35. The van der Waals surface area contributed by atoms with Crippen LogP contribution in [0.3, 0.4) is 0 Å². The van der Waals surface area contributed by atoms with Crippen LogP contribution in [0, 0.1) is 0 Å². The maximum Gasteiger partial charge on any atom is 0.0551 e. The highest BCUT2D eigenvalue weighted by molar-refractivity contribution is 5.52. The minimum Gasteiger partial charge on any atom is -0.378 e. The minimum absolute atomic E-state index is 0.567. The van der Waals surface area contributed by atoms with E-state index < -0.39 is 0 Å². The molecule has 3 rings (SSSR count). The summed E-state index contributed by atoms with van der Waals surface area (Å²) in [5.41, 5.74) is 4.45. The van der Waals surface area contributed by atoms with E-state index in [-0.39, 0.29) is 0 Å². The van der Waals surface area contributed by atoms with Gasteiger partial charge in [-0.05, 0) is 36.5 Å². The Hall–Kier alpha value is -1.24. The molecule has 0 bridgehead atoms. The molecule has 0 aromatic rings. The fraction of sp³-hybridized carbons (Fsp3) is 0.333. The Kier molecular flexibility index (Phi) is 1.45. The van der Waals surface area contributed by atoms with Crippen molar-refractivity contribution in [1.29, 1.82) is 0 Å². The normalized spacial score (nSPS) is 29.5. The third kappa shape index (κ3) is 0.998. The van der Waals surface area contributed by atoms with E-state index in [0.29, 0.717) is 6.04 Å². The monoisotopic (exact) mass is 171 g/mol. The summed E-state index contributed by atoms with van der Waals surface area (Å²) in [6, 6.07) is 0.567. The summed E-state index contributed by atoms with van der Waals surface area (Å²) in [6.45, 7) is 0. The van der Waals surface area contributed by atoms with Crippen molar-refractivity contribution in [3.05, 3.63) is 47.2 Å². The lowest BCUT2D eigenvalue weighted by molar-refractivity contribution is 0.693. The zero-order valence-electron chi connectivity index (χ0n) is 7.59. The molecule has 1 heteroatoms. The molecule has 0 aromatic carbocycles. The van der Waals surface area contributed by atoms with Crippen LogP contribution in [0.1, 0.15) is 19.3 Å². The van der Waals surface area contributed by atoms with Crippen LogP contribution in [-0.2, 0) is 0 Å². The molecule has 0 amide bonds. The third-order valence-corrected chi connectivity index (χ3v) is 3.01. The summed E-state index contributed by atoms with van der Waals surface area (Å²) in [7, 11) is 0. The van der Waals surface area contributed by atoms with E-state index in [2.05, 4.69) is 35.7 Å². The molecular formula is C12H13N. The predicted molar refractivity (Wildman–Crippen MR) is 54.2 cm³/mol. The summed E-state index contributed by atoms with van der Waals surface area (Å²) in [4.78, 5) is 0. The van der Waals surface area contributed by atoms with Gasteiger partial charge in [-0.15, -0.1) is 0 Å². The van der Waals surface area contributed by atoms with Gasteiger partial charge in [0.15, 0.2) is 0 Å². The predicted octanol–water partition coefficient (Wildman–Crippen LogP) is 2.45. The number of fused-ring (bicyclic) bond motifs is 2. The molecule has 1 atom stereocenters. The molecule has 13 heavy (non-hydrogen) atoms. The Balaban J connectivity index is 2.05. The number of hydrogen-bond acceptors (Lipinski definition) is 1. The first kappa shape index (κ1) is 7.19.